The fourth-order valence-corrected chi connectivity index (χ4v) is 4.27. The van der Waals surface area contributed by atoms with Crippen LogP contribution in [0.3, 0.4) is 0 Å². The van der Waals surface area contributed by atoms with Crippen molar-refractivity contribution in [1.29, 1.82) is 0 Å². The molecule has 1 amide bonds. The summed E-state index contributed by atoms with van der Waals surface area (Å²) in [6, 6.07) is 17.9. The van der Waals surface area contributed by atoms with Gasteiger partial charge in [0.05, 0.1) is 18.2 Å². The number of nitrogens with one attached hydrogen (secondary N) is 1. The summed E-state index contributed by atoms with van der Waals surface area (Å²) in [6.45, 7) is 4.10. The van der Waals surface area contributed by atoms with E-state index >= 15 is 0 Å². The molecular weight excluding hydrogens is 356 g/mol. The first-order valence-corrected chi connectivity index (χ1v) is 9.95. The smallest absolute Gasteiger partial charge is 0.226 e. The fourth-order valence-electron chi connectivity index (χ4n) is 3.44. The third kappa shape index (κ3) is 4.03. The molecule has 1 aromatic heterocycles. The van der Waals surface area contributed by atoms with Gasteiger partial charge in [0.15, 0.2) is 0 Å². The molecule has 3 aromatic rings. The Bertz CT molecular complexity index is 950. The van der Waals surface area contributed by atoms with Crippen LogP contribution in [0.2, 0.25) is 0 Å². The number of amides is 1. The van der Waals surface area contributed by atoms with Gasteiger partial charge in [-0.25, -0.2) is 4.98 Å². The van der Waals surface area contributed by atoms with Crippen molar-refractivity contribution in [1.82, 2.24) is 10.3 Å². The Morgan fingerprint density at radius 2 is 1.93 bits per heavy atom. The maximum Gasteiger partial charge on any atom is 0.226 e. The minimum Gasteiger partial charge on any atom is -0.487 e. The van der Waals surface area contributed by atoms with Gasteiger partial charge in [0, 0.05) is 22.9 Å². The van der Waals surface area contributed by atoms with Gasteiger partial charge in [0.1, 0.15) is 16.4 Å². The van der Waals surface area contributed by atoms with Crippen molar-refractivity contribution in [2.75, 3.05) is 0 Å². The lowest BCUT2D eigenvalue weighted by atomic mass is 9.89. The Morgan fingerprint density at radius 1 is 1.19 bits per heavy atom. The minimum atomic E-state index is -0.312. The van der Waals surface area contributed by atoms with Crippen LogP contribution in [-0.4, -0.2) is 16.5 Å². The van der Waals surface area contributed by atoms with E-state index in [2.05, 4.69) is 24.1 Å². The van der Waals surface area contributed by atoms with E-state index in [1.165, 1.54) is 0 Å². The number of hydrogen-bond acceptors (Lipinski definition) is 4. The number of rotatable bonds is 4. The Labute approximate surface area is 163 Å². The summed E-state index contributed by atoms with van der Waals surface area (Å²) in [4.78, 5) is 17.3. The molecule has 4 nitrogen and oxygen atoms in total. The van der Waals surface area contributed by atoms with E-state index in [1.807, 2.05) is 60.0 Å². The number of benzene rings is 2. The molecule has 138 valence electrons. The number of ether oxygens (including phenoxy) is 1. The Balaban J connectivity index is 1.46. The summed E-state index contributed by atoms with van der Waals surface area (Å²) >= 11 is 1.57. The molecule has 0 bridgehead atoms. The molecule has 4 rings (SSSR count). The molecule has 2 heterocycles. The normalized spacial score (nSPS) is 17.6. The number of nitrogens with zero attached hydrogens (tertiary/aromatic N) is 1. The van der Waals surface area contributed by atoms with Crippen LogP contribution in [0.1, 0.15) is 37.6 Å². The molecule has 1 aliphatic rings. The highest BCUT2D eigenvalue weighted by atomic mass is 32.1. The molecule has 1 aliphatic heterocycles. The molecule has 1 atom stereocenters. The molecule has 0 saturated carbocycles. The molecule has 27 heavy (non-hydrogen) atoms. The van der Waals surface area contributed by atoms with Crippen molar-refractivity contribution in [3.05, 3.63) is 71.2 Å². The van der Waals surface area contributed by atoms with Crippen molar-refractivity contribution in [3.63, 3.8) is 0 Å². The van der Waals surface area contributed by atoms with Crippen molar-refractivity contribution in [2.24, 2.45) is 0 Å². The van der Waals surface area contributed by atoms with Crippen LogP contribution in [0.4, 0.5) is 0 Å². The highest BCUT2D eigenvalue weighted by Gasteiger charge is 2.34. The predicted octanol–water partition coefficient (Wildman–Crippen LogP) is 4.77. The molecule has 0 aliphatic carbocycles. The van der Waals surface area contributed by atoms with Gasteiger partial charge in [-0.05, 0) is 19.9 Å². The molecule has 0 spiro atoms. The Morgan fingerprint density at radius 3 is 2.74 bits per heavy atom. The maximum atomic E-state index is 12.7. The van der Waals surface area contributed by atoms with Crippen LogP contribution in [0.25, 0.3) is 10.6 Å². The second kappa shape index (κ2) is 7.16. The van der Waals surface area contributed by atoms with E-state index < -0.39 is 0 Å². The number of hydrogen-bond donors (Lipinski definition) is 1. The van der Waals surface area contributed by atoms with Crippen LogP contribution in [-0.2, 0) is 11.2 Å². The van der Waals surface area contributed by atoms with Crippen LogP contribution in [0, 0.1) is 0 Å². The molecule has 0 unspecified atom stereocenters. The van der Waals surface area contributed by atoms with Crippen molar-refractivity contribution >= 4 is 17.2 Å². The zero-order valence-electron chi connectivity index (χ0n) is 15.4. The zero-order valence-corrected chi connectivity index (χ0v) is 16.3. The molecule has 2 aromatic carbocycles. The standard InChI is InChI=1S/C22H22N2O2S/c1-22(2)13-18(17-10-6-7-11-19(17)26-22)24-20(25)12-16-14-27-21(23-16)15-8-4-3-5-9-15/h3-11,14,18H,12-13H2,1-2H3,(H,24,25)/t18-/m0/s1. The van der Waals surface area contributed by atoms with Crippen LogP contribution >= 0.6 is 11.3 Å². The van der Waals surface area contributed by atoms with E-state index in [4.69, 9.17) is 4.74 Å². The van der Waals surface area contributed by atoms with E-state index in [9.17, 15) is 4.79 Å². The summed E-state index contributed by atoms with van der Waals surface area (Å²) in [5.41, 5.74) is 2.60. The van der Waals surface area contributed by atoms with Crippen molar-refractivity contribution in [2.45, 2.75) is 38.3 Å². The summed E-state index contributed by atoms with van der Waals surface area (Å²) in [7, 11) is 0. The Hall–Kier alpha value is -2.66. The van der Waals surface area contributed by atoms with Gasteiger partial charge in [-0.15, -0.1) is 11.3 Å². The Kier molecular flexibility index (Phi) is 4.70. The number of carbonyl (C=O) groups excluding carboxylic acids is 1. The molecular formula is C22H22N2O2S. The number of aromatic nitrogens is 1. The van der Waals surface area contributed by atoms with Gasteiger partial charge >= 0.3 is 0 Å². The number of fused-ring (bicyclic) bond motifs is 1. The SMILES string of the molecule is CC1(C)C[C@H](NC(=O)Cc2csc(-c3ccccc3)n2)c2ccccc2O1. The van der Waals surface area contributed by atoms with Gasteiger partial charge in [-0.3, -0.25) is 4.79 Å². The van der Waals surface area contributed by atoms with Gasteiger partial charge in [-0.1, -0.05) is 48.5 Å². The van der Waals surface area contributed by atoms with Crippen LogP contribution in [0.15, 0.2) is 60.0 Å². The monoisotopic (exact) mass is 378 g/mol. The van der Waals surface area contributed by atoms with Crippen molar-refractivity contribution in [3.8, 4) is 16.3 Å². The lowest BCUT2D eigenvalue weighted by Crippen LogP contribution is -2.41. The van der Waals surface area contributed by atoms with Gasteiger partial charge in [0.25, 0.3) is 0 Å². The first-order valence-electron chi connectivity index (χ1n) is 9.07. The topological polar surface area (TPSA) is 51.2 Å². The minimum absolute atomic E-state index is 0.0163. The van der Waals surface area contributed by atoms with Crippen molar-refractivity contribution < 1.29 is 9.53 Å². The van der Waals surface area contributed by atoms with E-state index in [-0.39, 0.29) is 24.0 Å². The van der Waals surface area contributed by atoms with Gasteiger partial charge in [0.2, 0.25) is 5.91 Å². The zero-order chi connectivity index (χ0) is 18.9. The van der Waals surface area contributed by atoms with E-state index in [0.29, 0.717) is 0 Å². The molecule has 1 N–H and O–H groups in total. The fraction of sp³-hybridized carbons (Fsp3) is 0.273. The average molecular weight is 378 g/mol. The molecule has 0 radical (unpaired) electrons. The second-order valence-electron chi connectivity index (χ2n) is 7.41. The lowest BCUT2D eigenvalue weighted by molar-refractivity contribution is -0.121. The van der Waals surface area contributed by atoms with Crippen LogP contribution in [0.5, 0.6) is 5.75 Å². The number of para-hydroxylation sites is 1. The second-order valence-corrected chi connectivity index (χ2v) is 8.27. The van der Waals surface area contributed by atoms with Crippen LogP contribution < -0.4 is 10.1 Å². The molecule has 0 fully saturated rings. The van der Waals surface area contributed by atoms with E-state index in [1.54, 1.807) is 11.3 Å². The average Bonchev–Trinajstić information content (AvgIpc) is 3.10. The summed E-state index contributed by atoms with van der Waals surface area (Å²) in [6.07, 6.45) is 1.02. The highest BCUT2D eigenvalue weighted by molar-refractivity contribution is 7.13. The van der Waals surface area contributed by atoms with E-state index in [0.717, 1.165) is 34.0 Å². The molecule has 0 saturated heterocycles. The summed E-state index contributed by atoms with van der Waals surface area (Å²) in [5.74, 6) is 0.830. The first kappa shape index (κ1) is 17.7. The lowest BCUT2D eigenvalue weighted by Gasteiger charge is -2.37. The largest absolute Gasteiger partial charge is 0.487 e. The summed E-state index contributed by atoms with van der Waals surface area (Å²) in [5, 5.41) is 6.08. The predicted molar refractivity (Wildman–Crippen MR) is 108 cm³/mol. The molecule has 5 heteroatoms. The van der Waals surface area contributed by atoms with Gasteiger partial charge < -0.3 is 10.1 Å². The number of carbonyl (C=O) groups is 1. The van der Waals surface area contributed by atoms with Gasteiger partial charge in [-0.2, -0.15) is 0 Å². The third-order valence-electron chi connectivity index (χ3n) is 4.63. The highest BCUT2D eigenvalue weighted by Crippen LogP contribution is 2.39. The first-order chi connectivity index (χ1) is 13.0. The third-order valence-corrected chi connectivity index (χ3v) is 5.57. The maximum absolute atomic E-state index is 12.7. The number of thiazole rings is 1. The quantitative estimate of drug-likeness (QED) is 0.711. The summed E-state index contributed by atoms with van der Waals surface area (Å²) < 4.78 is 6.04.